The number of phenolic OH excluding ortho intramolecular Hbond substituents is 3. The Morgan fingerprint density at radius 2 is 1.87 bits per heavy atom. The van der Waals surface area contributed by atoms with Gasteiger partial charge in [-0.2, -0.15) is 0 Å². The van der Waals surface area contributed by atoms with Gasteiger partial charge >= 0.3 is 0 Å². The fraction of sp³-hybridized carbons (Fsp3) is 0.348. The molecule has 0 saturated heterocycles. The molecule has 0 bridgehead atoms. The first-order valence-electron chi connectivity index (χ1n) is 9.71. The zero-order valence-electron chi connectivity index (χ0n) is 17.2. The molecule has 0 aliphatic carbocycles. The minimum absolute atomic E-state index is 0.0428. The quantitative estimate of drug-likeness (QED) is 0.375. The molecule has 1 atom stereocenters. The highest BCUT2D eigenvalue weighted by Crippen LogP contribution is 2.43. The molecule has 1 aliphatic rings. The average molecular weight is 412 g/mol. The minimum Gasteiger partial charge on any atom is -0.507 e. The molecule has 0 unspecified atom stereocenters. The molecule has 3 aromatic rings. The molecular formula is C23H24O7. The second kappa shape index (κ2) is 6.67. The van der Waals surface area contributed by atoms with E-state index in [1.807, 2.05) is 19.9 Å². The summed E-state index contributed by atoms with van der Waals surface area (Å²) in [4.78, 5) is 13.4. The van der Waals surface area contributed by atoms with Gasteiger partial charge in [-0.15, -0.1) is 0 Å². The Morgan fingerprint density at radius 1 is 1.17 bits per heavy atom. The molecule has 0 saturated carbocycles. The van der Waals surface area contributed by atoms with Crippen molar-refractivity contribution in [2.45, 2.75) is 52.2 Å². The summed E-state index contributed by atoms with van der Waals surface area (Å²) in [6.07, 6.45) is 1.30. The summed E-state index contributed by atoms with van der Waals surface area (Å²) in [5.74, 6) is -0.599. The van der Waals surface area contributed by atoms with Gasteiger partial charge < -0.3 is 29.6 Å². The molecule has 2 aromatic carbocycles. The van der Waals surface area contributed by atoms with E-state index in [9.17, 15) is 25.2 Å². The second-order valence-corrected chi connectivity index (χ2v) is 8.51. The van der Waals surface area contributed by atoms with E-state index >= 15 is 0 Å². The maximum Gasteiger partial charge on any atom is 0.204 e. The van der Waals surface area contributed by atoms with Crippen LogP contribution in [0, 0.1) is 0 Å². The Morgan fingerprint density at radius 3 is 2.53 bits per heavy atom. The van der Waals surface area contributed by atoms with Crippen molar-refractivity contribution in [1.82, 2.24) is 0 Å². The monoisotopic (exact) mass is 412 g/mol. The number of ether oxygens (including phenoxy) is 1. The number of hydrogen-bond donors (Lipinski definition) is 4. The summed E-state index contributed by atoms with van der Waals surface area (Å²) < 4.78 is 11.6. The Balaban J connectivity index is 2.09. The fourth-order valence-electron chi connectivity index (χ4n) is 3.81. The van der Waals surface area contributed by atoms with E-state index in [1.54, 1.807) is 13.8 Å². The van der Waals surface area contributed by atoms with Gasteiger partial charge in [-0.05, 0) is 34.1 Å². The molecule has 7 nitrogen and oxygen atoms in total. The highest BCUT2D eigenvalue weighted by molar-refractivity contribution is 5.99. The molecule has 30 heavy (non-hydrogen) atoms. The van der Waals surface area contributed by atoms with E-state index in [1.165, 1.54) is 12.1 Å². The molecule has 1 aliphatic heterocycles. The molecule has 4 N–H and O–H groups in total. The van der Waals surface area contributed by atoms with Crippen LogP contribution in [0.1, 0.15) is 38.8 Å². The van der Waals surface area contributed by atoms with Crippen LogP contribution >= 0.6 is 0 Å². The van der Waals surface area contributed by atoms with Gasteiger partial charge in [0.2, 0.25) is 5.43 Å². The van der Waals surface area contributed by atoms with Crippen LogP contribution in [0.25, 0.3) is 21.9 Å². The van der Waals surface area contributed by atoms with Gasteiger partial charge in [-0.3, -0.25) is 4.79 Å². The first-order chi connectivity index (χ1) is 14.0. The largest absolute Gasteiger partial charge is 0.507 e. The number of aromatic hydroxyl groups is 3. The van der Waals surface area contributed by atoms with E-state index in [0.717, 1.165) is 5.57 Å². The lowest BCUT2D eigenvalue weighted by molar-refractivity contribution is -0.0408. The lowest BCUT2D eigenvalue weighted by Gasteiger charge is -2.37. The lowest BCUT2D eigenvalue weighted by atomic mass is 9.88. The van der Waals surface area contributed by atoms with Crippen molar-refractivity contribution in [3.8, 4) is 23.0 Å². The fourth-order valence-corrected chi connectivity index (χ4v) is 3.81. The Hall–Kier alpha value is -3.19. The molecule has 2 heterocycles. The summed E-state index contributed by atoms with van der Waals surface area (Å²) in [5.41, 5.74) is 0.0200. The molecule has 0 amide bonds. The van der Waals surface area contributed by atoms with Crippen LogP contribution in [0.4, 0.5) is 0 Å². The van der Waals surface area contributed by atoms with E-state index in [2.05, 4.69) is 0 Å². The van der Waals surface area contributed by atoms with E-state index in [0.29, 0.717) is 5.56 Å². The average Bonchev–Trinajstić information content (AvgIpc) is 2.62. The van der Waals surface area contributed by atoms with Crippen LogP contribution < -0.4 is 10.2 Å². The number of hydrogen-bond acceptors (Lipinski definition) is 7. The molecule has 0 radical (unpaired) electrons. The van der Waals surface area contributed by atoms with Crippen molar-refractivity contribution in [2.75, 3.05) is 0 Å². The summed E-state index contributed by atoms with van der Waals surface area (Å²) >= 11 is 0. The van der Waals surface area contributed by atoms with Crippen LogP contribution in [-0.2, 0) is 12.8 Å². The second-order valence-electron chi connectivity index (χ2n) is 8.51. The molecule has 1 aromatic heterocycles. The van der Waals surface area contributed by atoms with Crippen molar-refractivity contribution < 1.29 is 29.6 Å². The maximum absolute atomic E-state index is 13.4. The van der Waals surface area contributed by atoms with Gasteiger partial charge in [0.05, 0.1) is 11.5 Å². The van der Waals surface area contributed by atoms with Gasteiger partial charge in [0.25, 0.3) is 0 Å². The third-order valence-corrected chi connectivity index (χ3v) is 5.63. The van der Waals surface area contributed by atoms with E-state index in [4.69, 9.17) is 9.15 Å². The molecule has 0 spiro atoms. The number of benzene rings is 2. The van der Waals surface area contributed by atoms with E-state index in [-0.39, 0.29) is 63.3 Å². The number of fused-ring (bicyclic) bond motifs is 4. The zero-order chi connectivity index (χ0) is 22.0. The number of aliphatic hydroxyl groups excluding tert-OH is 1. The molecule has 158 valence electrons. The standard InChI is InChI=1S/C23H24O7/c1-10(2)5-6-11-13(24)8-16-19(20(11)27)21(28)18-12-7-17(26)23(3,4)30-15(12)9-14(25)22(18)29-16/h5,8-9,17,24-27H,6-7H2,1-4H3/t17-/m1/s1. The summed E-state index contributed by atoms with van der Waals surface area (Å²) in [5, 5.41) is 42.0. The van der Waals surface area contributed by atoms with Crippen molar-refractivity contribution >= 4 is 21.9 Å². The van der Waals surface area contributed by atoms with Crippen molar-refractivity contribution in [3.63, 3.8) is 0 Å². The zero-order valence-corrected chi connectivity index (χ0v) is 17.2. The third kappa shape index (κ3) is 2.97. The Kier molecular flexibility index (Phi) is 4.47. The number of aliphatic hydroxyl groups is 1. The van der Waals surface area contributed by atoms with Crippen molar-refractivity contribution in [2.24, 2.45) is 0 Å². The highest BCUT2D eigenvalue weighted by Gasteiger charge is 2.38. The Labute approximate surface area is 172 Å². The summed E-state index contributed by atoms with van der Waals surface area (Å²) in [6.45, 7) is 7.21. The first-order valence-corrected chi connectivity index (χ1v) is 9.71. The Bertz CT molecular complexity index is 1280. The number of rotatable bonds is 2. The highest BCUT2D eigenvalue weighted by atomic mass is 16.5. The van der Waals surface area contributed by atoms with Crippen LogP contribution in [0.5, 0.6) is 23.0 Å². The molecule has 7 heteroatoms. The number of allylic oxidation sites excluding steroid dienone is 2. The van der Waals surface area contributed by atoms with Crippen LogP contribution in [0.2, 0.25) is 0 Å². The molecule has 0 fully saturated rings. The SMILES string of the molecule is CC(C)=CCc1c(O)cc2oc3c(O)cc4c(c3c(=O)c2c1O)C[C@@H](O)C(C)(C)O4. The van der Waals surface area contributed by atoms with E-state index < -0.39 is 17.1 Å². The summed E-state index contributed by atoms with van der Waals surface area (Å²) in [6, 6.07) is 2.61. The van der Waals surface area contributed by atoms with Crippen LogP contribution in [0.15, 0.2) is 33.0 Å². The first kappa shape index (κ1) is 20.1. The third-order valence-electron chi connectivity index (χ3n) is 5.63. The molecular weight excluding hydrogens is 388 g/mol. The number of phenols is 3. The predicted octanol–water partition coefficient (Wildman–Crippen LogP) is 3.65. The van der Waals surface area contributed by atoms with Crippen molar-refractivity contribution in [3.05, 3.63) is 45.1 Å². The van der Waals surface area contributed by atoms with Gasteiger partial charge in [0.1, 0.15) is 33.8 Å². The van der Waals surface area contributed by atoms with Crippen LogP contribution in [0.3, 0.4) is 0 Å². The minimum atomic E-state index is -0.893. The van der Waals surface area contributed by atoms with Crippen LogP contribution in [-0.4, -0.2) is 32.1 Å². The normalized spacial score (nSPS) is 17.6. The predicted molar refractivity (Wildman–Crippen MR) is 113 cm³/mol. The summed E-state index contributed by atoms with van der Waals surface area (Å²) in [7, 11) is 0. The van der Waals surface area contributed by atoms with Gasteiger partial charge in [-0.25, -0.2) is 0 Å². The maximum atomic E-state index is 13.4. The smallest absolute Gasteiger partial charge is 0.204 e. The lowest BCUT2D eigenvalue weighted by Crippen LogP contribution is -2.46. The van der Waals surface area contributed by atoms with Gasteiger partial charge in [0, 0.05) is 29.7 Å². The van der Waals surface area contributed by atoms with Gasteiger partial charge in [0.15, 0.2) is 11.3 Å². The van der Waals surface area contributed by atoms with Crippen molar-refractivity contribution in [1.29, 1.82) is 0 Å². The van der Waals surface area contributed by atoms with Gasteiger partial charge in [-0.1, -0.05) is 11.6 Å². The molecule has 4 rings (SSSR count). The topological polar surface area (TPSA) is 120 Å².